The zero-order valence-electron chi connectivity index (χ0n) is 17.1. The van der Waals surface area contributed by atoms with Crippen LogP contribution in [0.2, 0.25) is 0 Å². The smallest absolute Gasteiger partial charge is 0.267 e. The molecule has 31 heavy (non-hydrogen) atoms. The van der Waals surface area contributed by atoms with Crippen molar-refractivity contribution in [2.45, 2.75) is 19.1 Å². The van der Waals surface area contributed by atoms with Crippen LogP contribution in [0, 0.1) is 5.92 Å². The van der Waals surface area contributed by atoms with Gasteiger partial charge in [-0.3, -0.25) is 13.9 Å². The highest BCUT2D eigenvalue weighted by molar-refractivity contribution is 8.76. The first-order chi connectivity index (χ1) is 14.6. The number of aromatic nitrogens is 2. The lowest BCUT2D eigenvalue weighted by Gasteiger charge is -2.35. The van der Waals surface area contributed by atoms with Gasteiger partial charge in [-0.1, -0.05) is 21.6 Å². The summed E-state index contributed by atoms with van der Waals surface area (Å²) in [6.07, 6.45) is 4.85. The molecular weight excluding hydrogens is 492 g/mol. The molecule has 0 aromatic carbocycles. The summed E-state index contributed by atoms with van der Waals surface area (Å²) in [6, 6.07) is 0. The van der Waals surface area contributed by atoms with Gasteiger partial charge in [0.1, 0.15) is 12.4 Å². The van der Waals surface area contributed by atoms with Gasteiger partial charge in [-0.15, -0.1) is 0 Å². The molecule has 12 nitrogen and oxygen atoms in total. The molecule has 0 radical (unpaired) electrons. The molecule has 4 atom stereocenters. The average Bonchev–Trinajstić information content (AvgIpc) is 3.11. The number of rotatable bonds is 13. The number of nitrogens with zero attached hydrogens (tertiary/aromatic N) is 2. The monoisotopic (exact) mass is 518 g/mol. The molecule has 0 saturated carbocycles. The quantitative estimate of drug-likeness (QED) is 0.160. The molecule has 1 saturated heterocycles. The van der Waals surface area contributed by atoms with Crippen molar-refractivity contribution in [3.63, 3.8) is 0 Å². The van der Waals surface area contributed by atoms with Gasteiger partial charge < -0.3 is 33.2 Å². The van der Waals surface area contributed by atoms with Crippen molar-refractivity contribution in [3.8, 4) is 0 Å². The first-order valence-corrected chi connectivity index (χ1v) is 14.7. The van der Waals surface area contributed by atoms with Crippen LogP contribution in [0.1, 0.15) is 6.42 Å². The average molecular weight is 518 g/mol. The summed E-state index contributed by atoms with van der Waals surface area (Å²) in [4.78, 5) is 35.3. The third kappa shape index (κ3) is 10.4. The molecule has 2 rings (SSSR count). The van der Waals surface area contributed by atoms with Gasteiger partial charge >= 0.3 is 0 Å². The van der Waals surface area contributed by atoms with E-state index in [1.54, 1.807) is 17.1 Å². The van der Waals surface area contributed by atoms with E-state index in [2.05, 4.69) is 9.84 Å². The van der Waals surface area contributed by atoms with Gasteiger partial charge in [0.15, 0.2) is 6.54 Å². The number of nitrogens with one attached hydrogen (secondary N) is 1. The number of imidazole rings is 1. The molecule has 0 bridgehead atoms. The number of hydrogen-bond acceptors (Lipinski definition) is 11. The van der Waals surface area contributed by atoms with Gasteiger partial charge in [0.25, 0.3) is 21.6 Å². The van der Waals surface area contributed by atoms with E-state index in [4.69, 9.17) is 13.6 Å². The minimum absolute atomic E-state index is 0.158. The Morgan fingerprint density at radius 2 is 2.00 bits per heavy atom. The predicted octanol–water partition coefficient (Wildman–Crippen LogP) is -0.168. The number of aryl methyl sites for hydroxylation is 1. The molecule has 2 heterocycles. The van der Waals surface area contributed by atoms with Crippen LogP contribution in [0.5, 0.6) is 0 Å². The third-order valence-corrected chi connectivity index (χ3v) is 8.55. The van der Waals surface area contributed by atoms with E-state index in [9.17, 15) is 23.7 Å². The standard InChI is InChI=1S/C15H27N3O9P2S2/c1-17-5-6-18(12-17)8-15(19)16-4-3-7-25-29(22,23)26-9-13-10-30-31-11-14(13)27-28(20,21)24-2/h5-6,12-14H,3-4,7-11H2,1-2H3,(H2-,16,19,20,21,22,23)/p-1. The molecule has 4 unspecified atom stereocenters. The SMILES string of the molecule is COP(=O)([O-])OC1CSSCC1COP(=O)([O-])OCCCNC(=O)Cn1cc[n+](C)c1. The van der Waals surface area contributed by atoms with Gasteiger partial charge in [-0.2, -0.15) is 0 Å². The van der Waals surface area contributed by atoms with Crippen LogP contribution < -0.4 is 19.7 Å². The van der Waals surface area contributed by atoms with Crippen molar-refractivity contribution in [2.75, 3.05) is 38.4 Å². The van der Waals surface area contributed by atoms with Crippen molar-refractivity contribution in [1.82, 2.24) is 9.88 Å². The number of phosphoric acid groups is 2. The highest BCUT2D eigenvalue weighted by atomic mass is 33.1. The maximum atomic E-state index is 12.0. The van der Waals surface area contributed by atoms with E-state index >= 15 is 0 Å². The first kappa shape index (κ1) is 26.8. The van der Waals surface area contributed by atoms with Gasteiger partial charge in [-0.05, 0) is 6.42 Å². The van der Waals surface area contributed by atoms with Crippen molar-refractivity contribution in [3.05, 3.63) is 18.7 Å². The van der Waals surface area contributed by atoms with Gasteiger partial charge in [0.2, 0.25) is 6.33 Å². The lowest BCUT2D eigenvalue weighted by molar-refractivity contribution is -0.671. The molecule has 1 amide bonds. The lowest BCUT2D eigenvalue weighted by Crippen LogP contribution is -2.35. The Hall–Kier alpha value is -0.400. The van der Waals surface area contributed by atoms with E-state index in [-0.39, 0.29) is 38.6 Å². The second-order valence-corrected chi connectivity index (χ2v) is 12.1. The minimum atomic E-state index is -4.58. The summed E-state index contributed by atoms with van der Waals surface area (Å²) in [7, 11) is -3.30. The molecule has 1 aromatic rings. The van der Waals surface area contributed by atoms with Crippen LogP contribution in [0.15, 0.2) is 18.7 Å². The Morgan fingerprint density at radius 1 is 1.26 bits per heavy atom. The summed E-state index contributed by atoms with van der Waals surface area (Å²) in [5.41, 5.74) is 0. The number of hydrogen-bond donors (Lipinski definition) is 1. The lowest BCUT2D eigenvalue weighted by atomic mass is 10.1. The van der Waals surface area contributed by atoms with E-state index < -0.39 is 27.7 Å². The Bertz CT molecular complexity index is 812. The van der Waals surface area contributed by atoms with Crippen molar-refractivity contribution in [1.29, 1.82) is 0 Å². The molecule has 1 aliphatic heterocycles. The molecule has 1 aliphatic rings. The van der Waals surface area contributed by atoms with E-state index in [0.29, 0.717) is 11.5 Å². The second-order valence-electron chi connectivity index (χ2n) is 6.63. The Morgan fingerprint density at radius 3 is 2.68 bits per heavy atom. The fourth-order valence-electron chi connectivity index (χ4n) is 2.49. The molecule has 16 heteroatoms. The van der Waals surface area contributed by atoms with Gasteiger partial charge in [-0.25, -0.2) is 9.13 Å². The van der Waals surface area contributed by atoms with Crippen molar-refractivity contribution < 1.29 is 46.4 Å². The fourth-order valence-corrected chi connectivity index (χ4v) is 6.72. The Kier molecular flexibility index (Phi) is 11.0. The van der Waals surface area contributed by atoms with Crippen LogP contribution in [-0.2, 0) is 45.6 Å². The molecule has 0 aliphatic carbocycles. The normalized spacial score (nSPS) is 23.1. The molecular formula is C15H26N3O9P2S2-. The summed E-state index contributed by atoms with van der Waals surface area (Å²) in [5.74, 6) is 0.122. The van der Waals surface area contributed by atoms with Crippen LogP contribution in [-0.4, -0.2) is 55.0 Å². The Balaban J connectivity index is 1.65. The van der Waals surface area contributed by atoms with Gasteiger partial charge in [0, 0.05) is 31.1 Å². The summed E-state index contributed by atoms with van der Waals surface area (Å²) in [6.45, 7) is -0.0263. The van der Waals surface area contributed by atoms with E-state index in [0.717, 1.165) is 7.11 Å². The zero-order chi connectivity index (χ0) is 22.9. The first-order valence-electron chi connectivity index (χ1n) is 9.27. The summed E-state index contributed by atoms with van der Waals surface area (Å²) >= 11 is 0. The fraction of sp³-hybridized carbons (Fsp3) is 0.733. The maximum Gasteiger partial charge on any atom is 0.267 e. The van der Waals surface area contributed by atoms with Crippen LogP contribution in [0.3, 0.4) is 0 Å². The van der Waals surface area contributed by atoms with Crippen LogP contribution in [0.4, 0.5) is 0 Å². The van der Waals surface area contributed by atoms with E-state index in [1.165, 1.54) is 21.6 Å². The molecule has 1 aromatic heterocycles. The second kappa shape index (κ2) is 12.7. The Labute approximate surface area is 188 Å². The molecule has 1 fully saturated rings. The topological polar surface area (TPSA) is 155 Å². The van der Waals surface area contributed by atoms with Crippen molar-refractivity contribution in [2.24, 2.45) is 13.0 Å². The number of carbonyl (C=O) groups excluding carboxylic acids is 1. The molecule has 0 spiro atoms. The molecule has 1 N–H and O–H groups in total. The summed E-state index contributed by atoms with van der Waals surface area (Å²) in [5, 5.41) is 2.67. The highest BCUT2D eigenvalue weighted by Gasteiger charge is 2.31. The van der Waals surface area contributed by atoms with E-state index in [1.807, 2.05) is 17.8 Å². The largest absolute Gasteiger partial charge is 0.756 e. The zero-order valence-corrected chi connectivity index (χ0v) is 20.5. The number of carbonyl (C=O) groups is 1. The maximum absolute atomic E-state index is 12.0. The number of amides is 1. The highest BCUT2D eigenvalue weighted by Crippen LogP contribution is 2.46. The minimum Gasteiger partial charge on any atom is -0.756 e. The van der Waals surface area contributed by atoms with Gasteiger partial charge in [0.05, 0.1) is 26.4 Å². The van der Waals surface area contributed by atoms with Crippen molar-refractivity contribution >= 4 is 43.1 Å². The third-order valence-electron chi connectivity index (χ3n) is 4.10. The number of phosphoric ester groups is 2. The predicted molar refractivity (Wildman–Crippen MR) is 111 cm³/mol. The van der Waals surface area contributed by atoms with Crippen LogP contribution in [0.25, 0.3) is 0 Å². The molecule has 178 valence electrons. The summed E-state index contributed by atoms with van der Waals surface area (Å²) < 4.78 is 46.0. The van der Waals surface area contributed by atoms with Crippen LogP contribution >= 0.6 is 37.2 Å².